The van der Waals surface area contributed by atoms with Gasteiger partial charge in [-0.15, -0.1) is 6.58 Å². The van der Waals surface area contributed by atoms with Crippen LogP contribution >= 0.6 is 0 Å². The van der Waals surface area contributed by atoms with Gasteiger partial charge in [0.05, 0.1) is 14.2 Å². The minimum absolute atomic E-state index is 0.454. The van der Waals surface area contributed by atoms with Crippen LogP contribution in [-0.2, 0) is 19.1 Å². The van der Waals surface area contributed by atoms with Gasteiger partial charge < -0.3 is 9.47 Å². The number of rotatable bonds is 5. The summed E-state index contributed by atoms with van der Waals surface area (Å²) in [5.74, 6) is -3.87. The molecule has 0 aliphatic carbocycles. The number of benzene rings is 1. The molecule has 1 aromatic rings. The Labute approximate surface area is 110 Å². The maximum absolute atomic E-state index is 13.2. The van der Waals surface area contributed by atoms with E-state index in [9.17, 15) is 14.0 Å². The molecule has 4 nitrogen and oxygen atoms in total. The van der Waals surface area contributed by atoms with E-state index < -0.39 is 29.6 Å². The molecule has 0 bridgehead atoms. The molecule has 1 rings (SSSR count). The lowest BCUT2D eigenvalue weighted by molar-refractivity contribution is -0.159. The van der Waals surface area contributed by atoms with E-state index in [0.29, 0.717) is 5.56 Å². The van der Waals surface area contributed by atoms with Crippen molar-refractivity contribution in [2.75, 3.05) is 14.2 Å². The summed E-state index contributed by atoms with van der Waals surface area (Å²) < 4.78 is 22.4. The summed E-state index contributed by atoms with van der Waals surface area (Å²) in [6.45, 7) is 3.58. The van der Waals surface area contributed by atoms with Gasteiger partial charge in [-0.2, -0.15) is 0 Å². The number of carbonyl (C=O) groups is 2. The van der Waals surface area contributed by atoms with Crippen molar-refractivity contribution in [3.63, 3.8) is 0 Å². The van der Waals surface area contributed by atoms with Crippen LogP contribution in [0.15, 0.2) is 36.9 Å². The van der Waals surface area contributed by atoms with Crippen molar-refractivity contribution in [1.29, 1.82) is 0 Å². The summed E-state index contributed by atoms with van der Waals surface area (Å²) in [7, 11) is 2.34. The second-order valence-electron chi connectivity index (χ2n) is 3.84. The highest BCUT2D eigenvalue weighted by molar-refractivity contribution is 5.96. The normalized spacial score (nSPS) is 11.8. The molecule has 0 saturated heterocycles. The minimum Gasteiger partial charge on any atom is -0.468 e. The number of carbonyl (C=O) groups excluding carboxylic acids is 2. The summed E-state index contributed by atoms with van der Waals surface area (Å²) in [4.78, 5) is 23.4. The molecule has 0 aliphatic heterocycles. The van der Waals surface area contributed by atoms with Crippen LogP contribution in [0.5, 0.6) is 0 Å². The van der Waals surface area contributed by atoms with E-state index in [1.165, 1.54) is 38.5 Å². The van der Waals surface area contributed by atoms with Crippen LogP contribution in [0.4, 0.5) is 4.39 Å². The maximum Gasteiger partial charge on any atom is 0.321 e. The Hall–Kier alpha value is -2.17. The number of allylic oxidation sites excluding steroid dienone is 1. The summed E-state index contributed by atoms with van der Waals surface area (Å²) in [6, 6.07) is 5.61. The van der Waals surface area contributed by atoms with E-state index in [1.807, 2.05) is 0 Å². The minimum atomic E-state index is -1.20. The maximum atomic E-state index is 13.2. The number of methoxy groups -OCH3 is 2. The van der Waals surface area contributed by atoms with Crippen LogP contribution in [0.25, 0.3) is 0 Å². The van der Waals surface area contributed by atoms with Crippen LogP contribution in [0.3, 0.4) is 0 Å². The third kappa shape index (κ3) is 3.40. The van der Waals surface area contributed by atoms with E-state index in [-0.39, 0.29) is 0 Å². The smallest absolute Gasteiger partial charge is 0.321 e. The molecule has 0 saturated carbocycles. The Morgan fingerprint density at radius 1 is 1.26 bits per heavy atom. The van der Waals surface area contributed by atoms with E-state index in [4.69, 9.17) is 0 Å². The number of hydrogen-bond acceptors (Lipinski definition) is 4. The van der Waals surface area contributed by atoms with Crippen molar-refractivity contribution in [2.45, 2.75) is 5.92 Å². The molecule has 0 aliphatic rings. The Bertz CT molecular complexity index is 468. The van der Waals surface area contributed by atoms with Gasteiger partial charge in [-0.1, -0.05) is 18.2 Å². The molecule has 19 heavy (non-hydrogen) atoms. The van der Waals surface area contributed by atoms with Crippen LogP contribution < -0.4 is 0 Å². The van der Waals surface area contributed by atoms with E-state index in [1.54, 1.807) is 6.07 Å². The third-order valence-corrected chi connectivity index (χ3v) is 2.76. The van der Waals surface area contributed by atoms with Crippen LogP contribution in [0.1, 0.15) is 11.5 Å². The zero-order chi connectivity index (χ0) is 14.4. The van der Waals surface area contributed by atoms with E-state index in [2.05, 4.69) is 16.1 Å². The molecule has 0 spiro atoms. The van der Waals surface area contributed by atoms with Gasteiger partial charge in [0.1, 0.15) is 5.82 Å². The average molecular weight is 266 g/mol. The topological polar surface area (TPSA) is 52.6 Å². The van der Waals surface area contributed by atoms with Crippen LogP contribution in [0.2, 0.25) is 0 Å². The fourth-order valence-corrected chi connectivity index (χ4v) is 1.82. The van der Waals surface area contributed by atoms with Crippen molar-refractivity contribution in [1.82, 2.24) is 0 Å². The number of esters is 2. The van der Waals surface area contributed by atoms with Gasteiger partial charge in [-0.05, 0) is 17.7 Å². The highest BCUT2D eigenvalue weighted by Gasteiger charge is 2.36. The molecule has 0 radical (unpaired) electrons. The Balaban J connectivity index is 3.20. The number of ether oxygens (including phenoxy) is 2. The third-order valence-electron chi connectivity index (χ3n) is 2.76. The van der Waals surface area contributed by atoms with Gasteiger partial charge in [-0.25, -0.2) is 4.39 Å². The summed E-state index contributed by atoms with van der Waals surface area (Å²) >= 11 is 0. The van der Waals surface area contributed by atoms with Crippen molar-refractivity contribution in [2.24, 2.45) is 5.92 Å². The van der Waals surface area contributed by atoms with E-state index in [0.717, 1.165) is 0 Å². The van der Waals surface area contributed by atoms with Crippen molar-refractivity contribution >= 4 is 11.9 Å². The lowest BCUT2D eigenvalue weighted by atomic mass is 9.86. The predicted molar refractivity (Wildman–Crippen MR) is 66.9 cm³/mol. The van der Waals surface area contributed by atoms with Crippen molar-refractivity contribution in [3.05, 3.63) is 48.3 Å². The second kappa shape index (κ2) is 6.68. The lowest BCUT2D eigenvalue weighted by Gasteiger charge is -2.20. The summed E-state index contributed by atoms with van der Waals surface area (Å²) in [5.41, 5.74) is 0.454. The molecule has 102 valence electrons. The highest BCUT2D eigenvalue weighted by Crippen LogP contribution is 2.28. The molecule has 0 heterocycles. The first-order valence-corrected chi connectivity index (χ1v) is 5.58. The molecule has 0 fully saturated rings. The fourth-order valence-electron chi connectivity index (χ4n) is 1.82. The Morgan fingerprint density at radius 2 is 1.84 bits per heavy atom. The van der Waals surface area contributed by atoms with Crippen molar-refractivity contribution < 1.29 is 23.5 Å². The SMILES string of the molecule is C=C[C@@H](c1cccc(F)c1)C(C(=O)OC)C(=O)OC. The molecular weight excluding hydrogens is 251 g/mol. The molecule has 0 aromatic heterocycles. The first-order chi connectivity index (χ1) is 9.04. The predicted octanol–water partition coefficient (Wildman–Crippen LogP) is 2.06. The molecule has 1 atom stereocenters. The van der Waals surface area contributed by atoms with Crippen LogP contribution in [0, 0.1) is 11.7 Å². The quantitative estimate of drug-likeness (QED) is 0.465. The molecule has 1 aromatic carbocycles. The monoisotopic (exact) mass is 266 g/mol. The van der Waals surface area contributed by atoms with Crippen LogP contribution in [-0.4, -0.2) is 26.2 Å². The zero-order valence-electron chi connectivity index (χ0n) is 10.8. The molecule has 0 amide bonds. The molecule has 0 N–H and O–H groups in total. The molecule has 0 unspecified atom stereocenters. The lowest BCUT2D eigenvalue weighted by Crippen LogP contribution is -2.31. The molecule has 5 heteroatoms. The fraction of sp³-hybridized carbons (Fsp3) is 0.286. The highest BCUT2D eigenvalue weighted by atomic mass is 19.1. The van der Waals surface area contributed by atoms with Gasteiger partial charge in [0.2, 0.25) is 0 Å². The Kier molecular flexibility index (Phi) is 5.23. The zero-order valence-corrected chi connectivity index (χ0v) is 10.8. The first-order valence-electron chi connectivity index (χ1n) is 5.58. The first kappa shape index (κ1) is 14.9. The van der Waals surface area contributed by atoms with Gasteiger partial charge in [0, 0.05) is 5.92 Å². The van der Waals surface area contributed by atoms with Gasteiger partial charge in [-0.3, -0.25) is 9.59 Å². The summed E-state index contributed by atoms with van der Waals surface area (Å²) in [6.07, 6.45) is 1.40. The van der Waals surface area contributed by atoms with Crippen molar-refractivity contribution in [3.8, 4) is 0 Å². The molecular formula is C14H15FO4. The number of hydrogen-bond donors (Lipinski definition) is 0. The summed E-state index contributed by atoms with van der Waals surface area (Å²) in [5, 5.41) is 0. The van der Waals surface area contributed by atoms with Gasteiger partial charge in [0.25, 0.3) is 0 Å². The largest absolute Gasteiger partial charge is 0.468 e. The van der Waals surface area contributed by atoms with Gasteiger partial charge >= 0.3 is 11.9 Å². The average Bonchev–Trinajstić information content (AvgIpc) is 2.43. The second-order valence-corrected chi connectivity index (χ2v) is 3.84. The van der Waals surface area contributed by atoms with E-state index >= 15 is 0 Å². The van der Waals surface area contributed by atoms with Gasteiger partial charge in [0.15, 0.2) is 5.92 Å². The Morgan fingerprint density at radius 3 is 2.26 bits per heavy atom. The number of halogens is 1. The standard InChI is InChI=1S/C14H15FO4/c1-4-11(9-6-5-7-10(15)8-9)12(13(16)18-2)14(17)19-3/h4-8,11-12H,1H2,2-3H3/t11-/m0/s1.